The maximum atomic E-state index is 5.49. The highest BCUT2D eigenvalue weighted by atomic mass is 16.5. The molecule has 0 spiro atoms. The normalized spacial score (nSPS) is 42.0. The van der Waals surface area contributed by atoms with E-state index in [0.717, 1.165) is 19.8 Å². The van der Waals surface area contributed by atoms with Gasteiger partial charge in [0.25, 0.3) is 0 Å². The molecule has 0 radical (unpaired) electrons. The molecule has 0 aromatic heterocycles. The zero-order chi connectivity index (χ0) is 7.95. The molecule has 0 amide bonds. The summed E-state index contributed by atoms with van der Waals surface area (Å²) < 4.78 is 5.49. The van der Waals surface area contributed by atoms with Crippen LogP contribution in [0.3, 0.4) is 0 Å². The first-order valence-electron chi connectivity index (χ1n) is 4.49. The van der Waals surface area contributed by atoms with Gasteiger partial charge in [-0.15, -0.1) is 0 Å². The predicted molar refractivity (Wildman–Crippen MR) is 44.6 cm³/mol. The van der Waals surface area contributed by atoms with Crippen LogP contribution in [0.5, 0.6) is 0 Å². The molecular formula is C9H17NO. The van der Waals surface area contributed by atoms with Gasteiger partial charge in [0.1, 0.15) is 0 Å². The average Bonchev–Trinajstić information content (AvgIpc) is 2.71. The monoisotopic (exact) mass is 155 g/mol. The van der Waals surface area contributed by atoms with Crippen LogP contribution in [-0.4, -0.2) is 25.3 Å². The fourth-order valence-corrected chi connectivity index (χ4v) is 1.85. The molecule has 1 aliphatic carbocycles. The van der Waals surface area contributed by atoms with Crippen LogP contribution in [0.1, 0.15) is 26.7 Å². The molecule has 64 valence electrons. The van der Waals surface area contributed by atoms with E-state index >= 15 is 0 Å². The first kappa shape index (κ1) is 7.56. The molecule has 1 unspecified atom stereocenters. The minimum Gasteiger partial charge on any atom is -0.378 e. The quantitative estimate of drug-likeness (QED) is 0.613. The van der Waals surface area contributed by atoms with Crippen LogP contribution in [0.25, 0.3) is 0 Å². The Morgan fingerprint density at radius 3 is 2.45 bits per heavy atom. The van der Waals surface area contributed by atoms with E-state index in [1.807, 2.05) is 0 Å². The summed E-state index contributed by atoms with van der Waals surface area (Å²) in [6.07, 6.45) is 2.72. The lowest BCUT2D eigenvalue weighted by Gasteiger charge is -2.40. The largest absolute Gasteiger partial charge is 0.378 e. The van der Waals surface area contributed by atoms with Gasteiger partial charge in [0.15, 0.2) is 0 Å². The van der Waals surface area contributed by atoms with E-state index in [1.165, 1.54) is 12.8 Å². The highest BCUT2D eigenvalue weighted by Crippen LogP contribution is 2.53. The lowest BCUT2D eigenvalue weighted by molar-refractivity contribution is 0.00368. The Kier molecular flexibility index (Phi) is 1.52. The Hall–Kier alpha value is -0.0800. The smallest absolute Gasteiger partial charge is 0.0651 e. The molecule has 1 saturated carbocycles. The van der Waals surface area contributed by atoms with Gasteiger partial charge >= 0.3 is 0 Å². The summed E-state index contributed by atoms with van der Waals surface area (Å²) in [7, 11) is 0. The van der Waals surface area contributed by atoms with Crippen molar-refractivity contribution in [3.05, 3.63) is 0 Å². The second-order valence-electron chi connectivity index (χ2n) is 4.37. The molecule has 11 heavy (non-hydrogen) atoms. The fourth-order valence-electron chi connectivity index (χ4n) is 1.85. The molecule has 2 aliphatic rings. The lowest BCUT2D eigenvalue weighted by Crippen LogP contribution is -2.57. The van der Waals surface area contributed by atoms with Crippen LogP contribution in [-0.2, 0) is 4.74 Å². The Morgan fingerprint density at radius 2 is 2.00 bits per heavy atom. The third kappa shape index (κ3) is 1.09. The van der Waals surface area contributed by atoms with Crippen molar-refractivity contribution in [3.8, 4) is 0 Å². The van der Waals surface area contributed by atoms with Gasteiger partial charge in [-0.3, -0.25) is 0 Å². The van der Waals surface area contributed by atoms with Crippen LogP contribution in [0.4, 0.5) is 0 Å². The van der Waals surface area contributed by atoms with Crippen LogP contribution < -0.4 is 5.32 Å². The minimum absolute atomic E-state index is 0.255. The minimum atomic E-state index is 0.255. The van der Waals surface area contributed by atoms with E-state index < -0.39 is 0 Å². The Balaban J connectivity index is 2.07. The number of ether oxygens (including phenoxy) is 1. The number of hydrogen-bond acceptors (Lipinski definition) is 2. The number of morpholine rings is 1. The van der Waals surface area contributed by atoms with E-state index in [9.17, 15) is 0 Å². The third-order valence-corrected chi connectivity index (χ3v) is 3.48. The maximum absolute atomic E-state index is 5.49. The molecule has 1 N–H and O–H groups in total. The summed E-state index contributed by atoms with van der Waals surface area (Å²) in [6, 6.07) is 0. The van der Waals surface area contributed by atoms with E-state index in [4.69, 9.17) is 4.74 Å². The molecule has 0 aromatic carbocycles. The predicted octanol–water partition coefficient (Wildman–Crippen LogP) is 1.16. The van der Waals surface area contributed by atoms with Crippen molar-refractivity contribution < 1.29 is 4.74 Å². The number of hydrogen-bond donors (Lipinski definition) is 1. The van der Waals surface area contributed by atoms with Gasteiger partial charge in [0.05, 0.1) is 13.2 Å². The second-order valence-corrected chi connectivity index (χ2v) is 4.37. The zero-order valence-corrected chi connectivity index (χ0v) is 7.44. The highest BCUT2D eigenvalue weighted by molar-refractivity contribution is 5.08. The van der Waals surface area contributed by atoms with Crippen LogP contribution in [0.15, 0.2) is 0 Å². The molecule has 2 nitrogen and oxygen atoms in total. The summed E-state index contributed by atoms with van der Waals surface area (Å²) in [4.78, 5) is 0. The van der Waals surface area contributed by atoms with Crippen molar-refractivity contribution in [2.45, 2.75) is 32.2 Å². The Morgan fingerprint density at radius 1 is 1.27 bits per heavy atom. The van der Waals surface area contributed by atoms with Crippen molar-refractivity contribution in [1.82, 2.24) is 5.32 Å². The van der Waals surface area contributed by atoms with Crippen LogP contribution in [0, 0.1) is 5.41 Å². The van der Waals surface area contributed by atoms with E-state index in [2.05, 4.69) is 19.2 Å². The van der Waals surface area contributed by atoms with E-state index in [0.29, 0.717) is 5.41 Å². The molecule has 1 heterocycles. The molecule has 2 fully saturated rings. The van der Waals surface area contributed by atoms with Gasteiger partial charge in [0, 0.05) is 12.1 Å². The van der Waals surface area contributed by atoms with Crippen LogP contribution in [0.2, 0.25) is 0 Å². The van der Waals surface area contributed by atoms with Crippen molar-refractivity contribution in [3.63, 3.8) is 0 Å². The summed E-state index contributed by atoms with van der Waals surface area (Å²) in [5, 5.41) is 3.57. The summed E-state index contributed by atoms with van der Waals surface area (Å²) in [5.41, 5.74) is 0.776. The van der Waals surface area contributed by atoms with Gasteiger partial charge in [0.2, 0.25) is 0 Å². The van der Waals surface area contributed by atoms with Gasteiger partial charge in [-0.1, -0.05) is 6.92 Å². The molecule has 0 bridgehead atoms. The third-order valence-electron chi connectivity index (χ3n) is 3.48. The molecule has 2 heteroatoms. The summed E-state index contributed by atoms with van der Waals surface area (Å²) >= 11 is 0. The maximum Gasteiger partial charge on any atom is 0.0651 e. The number of nitrogens with one attached hydrogen (secondary N) is 1. The van der Waals surface area contributed by atoms with Gasteiger partial charge in [-0.2, -0.15) is 0 Å². The summed E-state index contributed by atoms with van der Waals surface area (Å²) in [6.45, 7) is 7.44. The molecule has 2 rings (SSSR count). The van der Waals surface area contributed by atoms with Gasteiger partial charge in [-0.05, 0) is 25.2 Å². The molecular weight excluding hydrogens is 138 g/mol. The van der Waals surface area contributed by atoms with Crippen molar-refractivity contribution in [1.29, 1.82) is 0 Å². The molecule has 1 saturated heterocycles. The Labute approximate surface area is 68.3 Å². The first-order valence-corrected chi connectivity index (χ1v) is 4.49. The van der Waals surface area contributed by atoms with Gasteiger partial charge in [-0.25, -0.2) is 0 Å². The Bertz CT molecular complexity index is 157. The van der Waals surface area contributed by atoms with Crippen molar-refractivity contribution in [2.75, 3.05) is 19.8 Å². The molecule has 1 atom stereocenters. The van der Waals surface area contributed by atoms with E-state index in [-0.39, 0.29) is 5.54 Å². The standard InChI is InChI=1S/C9H17NO/c1-8(3-4-8)9(2)7-11-6-5-10-9/h10H,3-7H2,1-2H3. The topological polar surface area (TPSA) is 21.3 Å². The van der Waals surface area contributed by atoms with Crippen molar-refractivity contribution in [2.24, 2.45) is 5.41 Å². The molecule has 1 aliphatic heterocycles. The average molecular weight is 155 g/mol. The zero-order valence-electron chi connectivity index (χ0n) is 7.44. The van der Waals surface area contributed by atoms with E-state index in [1.54, 1.807) is 0 Å². The lowest BCUT2D eigenvalue weighted by atomic mass is 9.84. The second kappa shape index (κ2) is 2.20. The first-order chi connectivity index (χ1) is 5.16. The highest BCUT2D eigenvalue weighted by Gasteiger charge is 2.53. The molecule has 0 aromatic rings. The summed E-state index contributed by atoms with van der Waals surface area (Å²) in [5.74, 6) is 0. The van der Waals surface area contributed by atoms with Crippen LogP contribution >= 0.6 is 0 Å². The SMILES string of the molecule is CC1(C2(C)COCCN2)CC1. The fraction of sp³-hybridized carbons (Fsp3) is 1.00. The van der Waals surface area contributed by atoms with Crippen molar-refractivity contribution >= 4 is 0 Å². The van der Waals surface area contributed by atoms with Gasteiger partial charge < -0.3 is 10.1 Å². The number of rotatable bonds is 1.